The summed E-state index contributed by atoms with van der Waals surface area (Å²) >= 11 is 0. The van der Waals surface area contributed by atoms with Crippen molar-refractivity contribution in [1.29, 1.82) is 0 Å². The Labute approximate surface area is 127 Å². The second kappa shape index (κ2) is 8.33. The zero-order valence-corrected chi connectivity index (χ0v) is 13.9. The maximum atomic E-state index is 12.5. The minimum atomic E-state index is -3.51. The molecule has 7 heteroatoms. The second-order valence-corrected chi connectivity index (χ2v) is 6.62. The van der Waals surface area contributed by atoms with Crippen LogP contribution in [0.25, 0.3) is 0 Å². The van der Waals surface area contributed by atoms with Crippen molar-refractivity contribution in [3.8, 4) is 5.75 Å². The molecule has 0 heterocycles. The van der Waals surface area contributed by atoms with E-state index < -0.39 is 10.0 Å². The number of rotatable bonds is 9. The Morgan fingerprint density at radius 1 is 1.29 bits per heavy atom. The van der Waals surface area contributed by atoms with Crippen LogP contribution in [0.4, 0.5) is 0 Å². The number of sulfonamides is 1. The molecule has 21 heavy (non-hydrogen) atoms. The third-order valence-electron chi connectivity index (χ3n) is 3.14. The number of hydrogen-bond acceptors (Lipinski definition) is 5. The molecule has 6 nitrogen and oxygen atoms in total. The van der Waals surface area contributed by atoms with Crippen LogP contribution in [0.3, 0.4) is 0 Å². The monoisotopic (exact) mass is 316 g/mol. The molecule has 120 valence electrons. The van der Waals surface area contributed by atoms with Crippen molar-refractivity contribution >= 4 is 10.0 Å². The molecule has 0 saturated heterocycles. The van der Waals surface area contributed by atoms with Gasteiger partial charge >= 0.3 is 0 Å². The van der Waals surface area contributed by atoms with Gasteiger partial charge in [-0.3, -0.25) is 0 Å². The van der Waals surface area contributed by atoms with Gasteiger partial charge in [0.2, 0.25) is 10.0 Å². The van der Waals surface area contributed by atoms with Gasteiger partial charge in [0.05, 0.1) is 18.6 Å². The molecule has 1 aromatic rings. The fraction of sp³-hybridized carbons (Fsp3) is 0.571. The number of likely N-dealkylation sites (N-methyl/N-ethyl adjacent to an activating group) is 1. The van der Waals surface area contributed by atoms with Crippen LogP contribution in [0.2, 0.25) is 0 Å². The van der Waals surface area contributed by atoms with Crippen LogP contribution >= 0.6 is 0 Å². The summed E-state index contributed by atoms with van der Waals surface area (Å²) in [6.45, 7) is 4.02. The van der Waals surface area contributed by atoms with E-state index in [1.54, 1.807) is 39.5 Å². The van der Waals surface area contributed by atoms with E-state index in [1.807, 2.05) is 6.92 Å². The summed E-state index contributed by atoms with van der Waals surface area (Å²) < 4.78 is 36.4. The Kier molecular flexibility index (Phi) is 7.10. The normalized spacial score (nSPS) is 11.9. The summed E-state index contributed by atoms with van der Waals surface area (Å²) in [5.41, 5.74) is 0.820. The zero-order chi connectivity index (χ0) is 15.9. The van der Waals surface area contributed by atoms with E-state index in [0.717, 1.165) is 12.1 Å². The molecule has 0 radical (unpaired) electrons. The molecule has 0 aliphatic carbocycles. The average Bonchev–Trinajstić information content (AvgIpc) is 2.49. The second-order valence-electron chi connectivity index (χ2n) is 4.57. The summed E-state index contributed by atoms with van der Waals surface area (Å²) in [7, 11) is 1.15. The van der Waals surface area contributed by atoms with E-state index in [0.29, 0.717) is 25.4 Å². The lowest BCUT2D eigenvalue weighted by atomic mass is 10.2. The number of nitrogens with zero attached hydrogens (tertiary/aromatic N) is 1. The Balaban J connectivity index is 3.06. The van der Waals surface area contributed by atoms with E-state index in [4.69, 9.17) is 9.47 Å². The Morgan fingerprint density at radius 3 is 2.57 bits per heavy atom. The molecular formula is C14H24N2O4S. The first-order valence-corrected chi connectivity index (χ1v) is 8.24. The van der Waals surface area contributed by atoms with Crippen molar-refractivity contribution in [1.82, 2.24) is 9.62 Å². The van der Waals surface area contributed by atoms with Crippen LogP contribution < -0.4 is 10.1 Å². The summed E-state index contributed by atoms with van der Waals surface area (Å²) in [5, 5.41) is 3.17. The van der Waals surface area contributed by atoms with Crippen molar-refractivity contribution in [2.24, 2.45) is 0 Å². The predicted molar refractivity (Wildman–Crippen MR) is 82.1 cm³/mol. The van der Waals surface area contributed by atoms with Crippen LogP contribution in [-0.4, -0.2) is 53.7 Å². The quantitative estimate of drug-likeness (QED) is 0.738. The highest BCUT2D eigenvalue weighted by molar-refractivity contribution is 7.89. The molecule has 1 rings (SSSR count). The molecule has 1 N–H and O–H groups in total. The number of benzene rings is 1. The van der Waals surface area contributed by atoms with Gasteiger partial charge in [-0.15, -0.1) is 0 Å². The highest BCUT2D eigenvalue weighted by Crippen LogP contribution is 2.24. The SMILES string of the molecule is CCNCc1cc(S(=O)(=O)N(C)CCOC)ccc1OC. The highest BCUT2D eigenvalue weighted by atomic mass is 32.2. The first kappa shape index (κ1) is 17.9. The van der Waals surface area contributed by atoms with Gasteiger partial charge in [-0.2, -0.15) is 4.31 Å². The minimum Gasteiger partial charge on any atom is -0.496 e. The van der Waals surface area contributed by atoms with Crippen molar-refractivity contribution in [3.63, 3.8) is 0 Å². The van der Waals surface area contributed by atoms with Crippen LogP contribution in [0.1, 0.15) is 12.5 Å². The van der Waals surface area contributed by atoms with Crippen LogP contribution in [0.5, 0.6) is 5.75 Å². The lowest BCUT2D eigenvalue weighted by Gasteiger charge is -2.18. The van der Waals surface area contributed by atoms with Gasteiger partial charge in [0, 0.05) is 32.8 Å². The predicted octanol–water partition coefficient (Wildman–Crippen LogP) is 1.07. The van der Waals surface area contributed by atoms with Gasteiger partial charge < -0.3 is 14.8 Å². The summed E-state index contributed by atoms with van der Waals surface area (Å²) in [4.78, 5) is 0.259. The van der Waals surface area contributed by atoms with Crippen molar-refractivity contribution in [2.75, 3.05) is 41.0 Å². The van der Waals surface area contributed by atoms with E-state index in [9.17, 15) is 8.42 Å². The number of ether oxygens (including phenoxy) is 2. The average molecular weight is 316 g/mol. The molecule has 0 spiro atoms. The lowest BCUT2D eigenvalue weighted by Crippen LogP contribution is -2.30. The maximum absolute atomic E-state index is 12.5. The zero-order valence-electron chi connectivity index (χ0n) is 13.0. The maximum Gasteiger partial charge on any atom is 0.242 e. The third-order valence-corrected chi connectivity index (χ3v) is 4.99. The third kappa shape index (κ3) is 4.67. The van der Waals surface area contributed by atoms with Crippen molar-refractivity contribution in [3.05, 3.63) is 23.8 Å². The van der Waals surface area contributed by atoms with Gasteiger partial charge in [0.1, 0.15) is 5.75 Å². The van der Waals surface area contributed by atoms with E-state index >= 15 is 0 Å². The fourth-order valence-electron chi connectivity index (χ4n) is 1.83. The van der Waals surface area contributed by atoms with Crippen molar-refractivity contribution in [2.45, 2.75) is 18.4 Å². The highest BCUT2D eigenvalue weighted by Gasteiger charge is 2.21. The van der Waals surface area contributed by atoms with E-state index in [-0.39, 0.29) is 4.90 Å². The summed E-state index contributed by atoms with van der Waals surface area (Å²) in [6.07, 6.45) is 0. The Bertz CT molecular complexity index is 546. The van der Waals surface area contributed by atoms with E-state index in [1.165, 1.54) is 4.31 Å². The first-order chi connectivity index (χ1) is 9.97. The molecule has 0 atom stereocenters. The molecular weight excluding hydrogens is 292 g/mol. The van der Waals surface area contributed by atoms with Gasteiger partial charge in [0.15, 0.2) is 0 Å². The van der Waals surface area contributed by atoms with Crippen LogP contribution in [-0.2, 0) is 21.3 Å². The van der Waals surface area contributed by atoms with Crippen molar-refractivity contribution < 1.29 is 17.9 Å². The van der Waals surface area contributed by atoms with Crippen LogP contribution in [0, 0.1) is 0 Å². The lowest BCUT2D eigenvalue weighted by molar-refractivity contribution is 0.185. The molecule has 0 fully saturated rings. The summed E-state index contributed by atoms with van der Waals surface area (Å²) in [6, 6.07) is 4.90. The van der Waals surface area contributed by atoms with Crippen LogP contribution in [0.15, 0.2) is 23.1 Å². The molecule has 0 saturated carbocycles. The molecule has 0 amide bonds. The standard InChI is InChI=1S/C14H24N2O4S/c1-5-15-11-12-10-13(6-7-14(12)20-4)21(17,18)16(2)8-9-19-3/h6-7,10,15H,5,8-9,11H2,1-4H3. The minimum absolute atomic E-state index is 0.259. The molecule has 0 aromatic heterocycles. The topological polar surface area (TPSA) is 67.9 Å². The van der Waals surface area contributed by atoms with Gasteiger partial charge in [-0.1, -0.05) is 6.92 Å². The molecule has 0 aliphatic rings. The van der Waals surface area contributed by atoms with Gasteiger partial charge in [0.25, 0.3) is 0 Å². The number of methoxy groups -OCH3 is 2. The van der Waals surface area contributed by atoms with Gasteiger partial charge in [-0.05, 0) is 24.7 Å². The molecule has 1 aromatic carbocycles. The largest absolute Gasteiger partial charge is 0.496 e. The first-order valence-electron chi connectivity index (χ1n) is 6.80. The van der Waals surface area contributed by atoms with Gasteiger partial charge in [-0.25, -0.2) is 8.42 Å². The molecule has 0 unspecified atom stereocenters. The van der Waals surface area contributed by atoms with E-state index in [2.05, 4.69) is 5.32 Å². The molecule has 0 bridgehead atoms. The fourth-order valence-corrected chi connectivity index (χ4v) is 3.04. The number of nitrogens with one attached hydrogen (secondary N) is 1. The Morgan fingerprint density at radius 2 is 2.00 bits per heavy atom. The smallest absolute Gasteiger partial charge is 0.242 e. The Hall–Kier alpha value is -1.15. The number of hydrogen-bond donors (Lipinski definition) is 1. The molecule has 0 aliphatic heterocycles. The summed E-state index contributed by atoms with van der Waals surface area (Å²) in [5.74, 6) is 0.675.